The number of nitrogens with zero attached hydrogens (tertiary/aromatic N) is 2. The van der Waals surface area contributed by atoms with Gasteiger partial charge in [0.25, 0.3) is 0 Å². The van der Waals surface area contributed by atoms with Crippen molar-refractivity contribution in [3.63, 3.8) is 0 Å². The highest BCUT2D eigenvalue weighted by Crippen LogP contribution is 2.32. The summed E-state index contributed by atoms with van der Waals surface area (Å²) >= 11 is 0. The van der Waals surface area contributed by atoms with E-state index in [1.54, 1.807) is 0 Å². The lowest BCUT2D eigenvalue weighted by Gasteiger charge is -2.23. The van der Waals surface area contributed by atoms with E-state index in [-0.39, 0.29) is 24.2 Å². The first kappa shape index (κ1) is 19.9. The van der Waals surface area contributed by atoms with Crippen LogP contribution in [0.1, 0.15) is 31.4 Å². The van der Waals surface area contributed by atoms with Crippen molar-refractivity contribution in [1.29, 1.82) is 0 Å². The standard InChI is InChI=1S/C23H29N3O2/c1-5-16-8-7-9-17(6-2)22(16)26-15-18(14-21(26)27)23(28)24-19-10-12-20(13-11-19)25(3)4/h7-13,18H,5-6,14-15H2,1-4H3,(H,24,28). The molecule has 0 aliphatic carbocycles. The van der Waals surface area contributed by atoms with Gasteiger partial charge in [-0.1, -0.05) is 32.0 Å². The maximum absolute atomic E-state index is 12.8. The number of rotatable bonds is 6. The first-order chi connectivity index (χ1) is 13.4. The molecule has 0 bridgehead atoms. The third-order valence-corrected chi connectivity index (χ3v) is 5.38. The van der Waals surface area contributed by atoms with Crippen molar-refractivity contribution in [2.75, 3.05) is 35.8 Å². The molecule has 1 unspecified atom stereocenters. The Balaban J connectivity index is 1.75. The molecule has 0 radical (unpaired) electrons. The van der Waals surface area contributed by atoms with Crippen LogP contribution in [0.25, 0.3) is 0 Å². The van der Waals surface area contributed by atoms with Gasteiger partial charge in [0.05, 0.1) is 5.92 Å². The van der Waals surface area contributed by atoms with Crippen molar-refractivity contribution in [1.82, 2.24) is 0 Å². The van der Waals surface area contributed by atoms with Gasteiger partial charge < -0.3 is 15.1 Å². The monoisotopic (exact) mass is 379 g/mol. The molecule has 28 heavy (non-hydrogen) atoms. The number of aryl methyl sites for hydroxylation is 2. The van der Waals surface area contributed by atoms with Crippen molar-refractivity contribution in [2.24, 2.45) is 5.92 Å². The second-order valence-electron chi connectivity index (χ2n) is 7.47. The highest BCUT2D eigenvalue weighted by Gasteiger charge is 2.36. The molecule has 0 spiro atoms. The van der Waals surface area contributed by atoms with E-state index in [2.05, 4.69) is 31.3 Å². The fourth-order valence-corrected chi connectivity index (χ4v) is 3.75. The summed E-state index contributed by atoms with van der Waals surface area (Å²) in [4.78, 5) is 29.3. The van der Waals surface area contributed by atoms with Crippen molar-refractivity contribution in [3.8, 4) is 0 Å². The molecule has 1 atom stereocenters. The largest absolute Gasteiger partial charge is 0.378 e. The Kier molecular flexibility index (Phi) is 6.02. The number of carbonyl (C=O) groups is 2. The van der Waals surface area contributed by atoms with Gasteiger partial charge >= 0.3 is 0 Å². The summed E-state index contributed by atoms with van der Waals surface area (Å²) in [6, 6.07) is 13.9. The zero-order chi connectivity index (χ0) is 20.3. The molecule has 3 rings (SSSR count). The maximum Gasteiger partial charge on any atom is 0.229 e. The van der Waals surface area contributed by atoms with Crippen molar-refractivity contribution < 1.29 is 9.59 Å². The van der Waals surface area contributed by atoms with E-state index >= 15 is 0 Å². The first-order valence-electron chi connectivity index (χ1n) is 9.94. The highest BCUT2D eigenvalue weighted by molar-refractivity contribution is 6.04. The van der Waals surface area contributed by atoms with E-state index in [1.807, 2.05) is 54.2 Å². The predicted molar refractivity (Wildman–Crippen MR) is 115 cm³/mol. The first-order valence-corrected chi connectivity index (χ1v) is 9.94. The minimum absolute atomic E-state index is 0.0266. The van der Waals surface area contributed by atoms with Gasteiger partial charge in [0, 0.05) is 44.1 Å². The van der Waals surface area contributed by atoms with Crippen molar-refractivity contribution >= 4 is 28.9 Å². The van der Waals surface area contributed by atoms with Crippen LogP contribution >= 0.6 is 0 Å². The van der Waals surface area contributed by atoms with Crippen LogP contribution in [-0.2, 0) is 22.4 Å². The molecule has 1 heterocycles. The molecule has 1 aliphatic heterocycles. The van der Waals surface area contributed by atoms with Gasteiger partial charge in [-0.3, -0.25) is 9.59 Å². The van der Waals surface area contributed by atoms with Crippen LogP contribution < -0.4 is 15.1 Å². The molecule has 0 saturated carbocycles. The number of amides is 2. The number of anilines is 3. The molecule has 148 valence electrons. The zero-order valence-corrected chi connectivity index (χ0v) is 17.2. The van der Waals surface area contributed by atoms with Crippen LogP contribution in [0.5, 0.6) is 0 Å². The molecule has 1 fully saturated rings. The second kappa shape index (κ2) is 8.46. The second-order valence-corrected chi connectivity index (χ2v) is 7.47. The van der Waals surface area contributed by atoms with Crippen molar-refractivity contribution in [2.45, 2.75) is 33.1 Å². The van der Waals surface area contributed by atoms with E-state index in [0.717, 1.165) is 41.0 Å². The van der Waals surface area contributed by atoms with E-state index in [9.17, 15) is 9.59 Å². The summed E-state index contributed by atoms with van der Waals surface area (Å²) in [5.74, 6) is -0.408. The molecular formula is C23H29N3O2. The Morgan fingerprint density at radius 1 is 1.07 bits per heavy atom. The van der Waals surface area contributed by atoms with Crippen LogP contribution in [-0.4, -0.2) is 32.5 Å². The van der Waals surface area contributed by atoms with Gasteiger partial charge in [-0.25, -0.2) is 0 Å². The number of benzene rings is 2. The van der Waals surface area contributed by atoms with Crippen LogP contribution in [0, 0.1) is 5.92 Å². The van der Waals surface area contributed by atoms with E-state index < -0.39 is 0 Å². The number of hydrogen-bond donors (Lipinski definition) is 1. The number of carbonyl (C=O) groups excluding carboxylic acids is 2. The average molecular weight is 380 g/mol. The molecule has 1 N–H and O–H groups in total. The van der Waals surface area contributed by atoms with Crippen molar-refractivity contribution in [3.05, 3.63) is 53.6 Å². The Bertz CT molecular complexity index is 836. The molecule has 2 aromatic rings. The third-order valence-electron chi connectivity index (χ3n) is 5.38. The normalized spacial score (nSPS) is 16.4. The lowest BCUT2D eigenvalue weighted by molar-refractivity contribution is -0.122. The molecule has 5 nitrogen and oxygen atoms in total. The molecule has 5 heteroatoms. The molecule has 0 aromatic heterocycles. The lowest BCUT2D eigenvalue weighted by atomic mass is 10.0. The average Bonchev–Trinajstić information content (AvgIpc) is 3.09. The van der Waals surface area contributed by atoms with Gasteiger partial charge in [-0.2, -0.15) is 0 Å². The zero-order valence-electron chi connectivity index (χ0n) is 17.2. The van der Waals surface area contributed by atoms with E-state index in [1.165, 1.54) is 0 Å². The number of nitrogens with one attached hydrogen (secondary N) is 1. The van der Waals surface area contributed by atoms with Crippen LogP contribution in [0.4, 0.5) is 17.1 Å². The Morgan fingerprint density at radius 2 is 1.68 bits per heavy atom. The third kappa shape index (κ3) is 4.03. The minimum atomic E-state index is -0.337. The van der Waals surface area contributed by atoms with Crippen LogP contribution in [0.2, 0.25) is 0 Å². The van der Waals surface area contributed by atoms with Gasteiger partial charge in [-0.05, 0) is 48.2 Å². The molecule has 1 aliphatic rings. The summed E-state index contributed by atoms with van der Waals surface area (Å²) in [6.45, 7) is 4.63. The summed E-state index contributed by atoms with van der Waals surface area (Å²) in [5, 5.41) is 2.96. The Morgan fingerprint density at radius 3 is 2.21 bits per heavy atom. The smallest absolute Gasteiger partial charge is 0.229 e. The summed E-state index contributed by atoms with van der Waals surface area (Å²) in [5.41, 5.74) is 5.15. The molecular weight excluding hydrogens is 350 g/mol. The van der Waals surface area contributed by atoms with Gasteiger partial charge in [0.1, 0.15) is 0 Å². The van der Waals surface area contributed by atoms with Gasteiger partial charge in [0.15, 0.2) is 0 Å². The minimum Gasteiger partial charge on any atom is -0.378 e. The summed E-state index contributed by atoms with van der Waals surface area (Å²) in [7, 11) is 3.95. The van der Waals surface area contributed by atoms with Gasteiger partial charge in [0.2, 0.25) is 11.8 Å². The van der Waals surface area contributed by atoms with Crippen LogP contribution in [0.15, 0.2) is 42.5 Å². The molecule has 2 amide bonds. The predicted octanol–water partition coefficient (Wildman–Crippen LogP) is 3.87. The number of hydrogen-bond acceptors (Lipinski definition) is 3. The number of para-hydroxylation sites is 1. The lowest BCUT2D eigenvalue weighted by Crippen LogP contribution is -2.29. The van der Waals surface area contributed by atoms with E-state index in [4.69, 9.17) is 0 Å². The Labute approximate surface area is 167 Å². The highest BCUT2D eigenvalue weighted by atomic mass is 16.2. The maximum atomic E-state index is 12.8. The fourth-order valence-electron chi connectivity index (χ4n) is 3.75. The van der Waals surface area contributed by atoms with Gasteiger partial charge in [-0.15, -0.1) is 0 Å². The fraction of sp³-hybridized carbons (Fsp3) is 0.391. The topological polar surface area (TPSA) is 52.7 Å². The summed E-state index contributed by atoms with van der Waals surface area (Å²) in [6.07, 6.45) is 1.98. The molecule has 2 aromatic carbocycles. The van der Waals surface area contributed by atoms with E-state index in [0.29, 0.717) is 6.54 Å². The Hall–Kier alpha value is -2.82. The molecule has 1 saturated heterocycles. The van der Waals surface area contributed by atoms with Crippen LogP contribution in [0.3, 0.4) is 0 Å². The quantitative estimate of drug-likeness (QED) is 0.829. The SMILES string of the molecule is CCc1cccc(CC)c1N1CC(C(=O)Nc2ccc(N(C)C)cc2)CC1=O. The summed E-state index contributed by atoms with van der Waals surface area (Å²) < 4.78 is 0.